The van der Waals surface area contributed by atoms with Crippen molar-refractivity contribution in [2.75, 3.05) is 27.7 Å². The van der Waals surface area contributed by atoms with E-state index >= 15 is 0 Å². The van der Waals surface area contributed by atoms with Gasteiger partial charge in [-0.25, -0.2) is 0 Å². The van der Waals surface area contributed by atoms with E-state index < -0.39 is 0 Å². The lowest BCUT2D eigenvalue weighted by atomic mass is 9.95. The molecule has 0 aromatic carbocycles. The molecule has 0 aromatic heterocycles. The van der Waals surface area contributed by atoms with Crippen molar-refractivity contribution < 1.29 is 4.74 Å². The first kappa shape index (κ1) is 13.9. The highest BCUT2D eigenvalue weighted by Crippen LogP contribution is 2.33. The van der Waals surface area contributed by atoms with Crippen LogP contribution in [0.3, 0.4) is 0 Å². The van der Waals surface area contributed by atoms with Gasteiger partial charge in [0.2, 0.25) is 0 Å². The second-order valence-electron chi connectivity index (χ2n) is 5.44. The Balaban J connectivity index is 2.45. The van der Waals surface area contributed by atoms with Crippen LogP contribution in [0.25, 0.3) is 0 Å². The number of hydrogen-bond donors (Lipinski definition) is 1. The molecule has 0 spiro atoms. The Morgan fingerprint density at radius 2 is 1.81 bits per heavy atom. The Morgan fingerprint density at radius 1 is 1.25 bits per heavy atom. The van der Waals surface area contributed by atoms with Gasteiger partial charge >= 0.3 is 0 Å². The SMILES string of the molecule is COC(C)C(C)NCC1(N(C)C)CCCC1. The van der Waals surface area contributed by atoms with Crippen LogP contribution in [0, 0.1) is 0 Å². The molecular formula is C13H28N2O. The number of nitrogens with zero attached hydrogens (tertiary/aromatic N) is 1. The largest absolute Gasteiger partial charge is 0.380 e. The van der Waals surface area contributed by atoms with Crippen molar-refractivity contribution in [3.05, 3.63) is 0 Å². The van der Waals surface area contributed by atoms with Crippen molar-refractivity contribution in [2.45, 2.75) is 57.2 Å². The molecular weight excluding hydrogens is 200 g/mol. The number of ether oxygens (including phenoxy) is 1. The molecule has 0 radical (unpaired) electrons. The quantitative estimate of drug-likeness (QED) is 0.751. The number of nitrogens with one attached hydrogen (secondary N) is 1. The molecule has 16 heavy (non-hydrogen) atoms. The van der Waals surface area contributed by atoms with Crippen molar-refractivity contribution in [3.8, 4) is 0 Å². The Labute approximate surface area is 101 Å². The summed E-state index contributed by atoms with van der Waals surface area (Å²) in [6, 6.07) is 0.419. The molecule has 0 amide bonds. The summed E-state index contributed by atoms with van der Waals surface area (Å²) >= 11 is 0. The molecule has 3 nitrogen and oxygen atoms in total. The predicted octanol–water partition coefficient (Wildman–Crippen LogP) is 1.87. The topological polar surface area (TPSA) is 24.5 Å². The first-order valence-electron chi connectivity index (χ1n) is 6.45. The van der Waals surface area contributed by atoms with Gasteiger partial charge in [0.05, 0.1) is 6.10 Å². The third-order valence-corrected chi connectivity index (χ3v) is 4.31. The highest BCUT2D eigenvalue weighted by atomic mass is 16.5. The normalized spacial score (nSPS) is 23.6. The standard InChI is InChI=1S/C13H28N2O/c1-11(12(2)16-5)14-10-13(15(3)4)8-6-7-9-13/h11-12,14H,6-10H2,1-5H3. The molecule has 0 saturated heterocycles. The zero-order valence-electron chi connectivity index (χ0n) is 11.5. The van der Waals surface area contributed by atoms with Gasteiger partial charge in [-0.2, -0.15) is 0 Å². The fourth-order valence-electron chi connectivity index (χ4n) is 2.54. The van der Waals surface area contributed by atoms with Gasteiger partial charge in [0.25, 0.3) is 0 Å². The molecule has 1 N–H and O–H groups in total. The number of hydrogen-bond acceptors (Lipinski definition) is 3. The minimum Gasteiger partial charge on any atom is -0.380 e. The van der Waals surface area contributed by atoms with Crippen molar-refractivity contribution in [3.63, 3.8) is 0 Å². The van der Waals surface area contributed by atoms with E-state index in [0.29, 0.717) is 11.6 Å². The molecule has 1 aliphatic carbocycles. The molecule has 96 valence electrons. The van der Waals surface area contributed by atoms with Gasteiger partial charge in [-0.1, -0.05) is 12.8 Å². The van der Waals surface area contributed by atoms with Crippen LogP contribution in [0.4, 0.5) is 0 Å². The Bertz CT molecular complexity index is 200. The van der Waals surface area contributed by atoms with E-state index in [2.05, 4.69) is 38.2 Å². The molecule has 1 rings (SSSR count). The molecule has 1 fully saturated rings. The second-order valence-corrected chi connectivity index (χ2v) is 5.44. The summed E-state index contributed by atoms with van der Waals surface area (Å²) in [6.45, 7) is 5.40. The average Bonchev–Trinajstić information content (AvgIpc) is 2.74. The molecule has 2 atom stereocenters. The minimum absolute atomic E-state index is 0.278. The summed E-state index contributed by atoms with van der Waals surface area (Å²) in [4.78, 5) is 2.40. The van der Waals surface area contributed by atoms with Gasteiger partial charge in [0.15, 0.2) is 0 Å². The minimum atomic E-state index is 0.278. The van der Waals surface area contributed by atoms with Crippen molar-refractivity contribution in [2.24, 2.45) is 0 Å². The summed E-state index contributed by atoms with van der Waals surface area (Å²) in [5.41, 5.74) is 0.377. The zero-order chi connectivity index (χ0) is 12.2. The molecule has 1 saturated carbocycles. The van der Waals surface area contributed by atoms with E-state index in [9.17, 15) is 0 Å². The first-order valence-corrected chi connectivity index (χ1v) is 6.45. The summed E-state index contributed by atoms with van der Waals surface area (Å²) in [7, 11) is 6.19. The van der Waals surface area contributed by atoms with Crippen LogP contribution < -0.4 is 5.32 Å². The van der Waals surface area contributed by atoms with Gasteiger partial charge in [-0.15, -0.1) is 0 Å². The second kappa shape index (κ2) is 5.99. The Kier molecular flexibility index (Phi) is 5.22. The monoisotopic (exact) mass is 228 g/mol. The van der Waals surface area contributed by atoms with Crippen LogP contribution in [-0.2, 0) is 4.74 Å². The van der Waals surface area contributed by atoms with Gasteiger partial charge in [0.1, 0.15) is 0 Å². The van der Waals surface area contributed by atoms with Gasteiger partial charge < -0.3 is 15.0 Å². The summed E-state index contributed by atoms with van der Waals surface area (Å²) < 4.78 is 5.34. The molecule has 1 aliphatic rings. The smallest absolute Gasteiger partial charge is 0.0693 e. The maximum atomic E-state index is 5.34. The summed E-state index contributed by atoms with van der Waals surface area (Å²) in [6.07, 6.45) is 5.66. The van der Waals surface area contributed by atoms with E-state index in [1.54, 1.807) is 7.11 Å². The lowest BCUT2D eigenvalue weighted by molar-refractivity contribution is 0.0770. The number of likely N-dealkylation sites (N-methyl/N-ethyl adjacent to an activating group) is 1. The van der Waals surface area contributed by atoms with Crippen LogP contribution >= 0.6 is 0 Å². The number of methoxy groups -OCH3 is 1. The predicted molar refractivity (Wildman–Crippen MR) is 68.8 cm³/mol. The Hall–Kier alpha value is -0.120. The fraction of sp³-hybridized carbons (Fsp3) is 1.00. The van der Waals surface area contributed by atoms with Crippen molar-refractivity contribution >= 4 is 0 Å². The highest BCUT2D eigenvalue weighted by Gasteiger charge is 2.36. The van der Waals surface area contributed by atoms with Crippen molar-refractivity contribution in [1.82, 2.24) is 10.2 Å². The van der Waals surface area contributed by atoms with Crippen LogP contribution in [0.5, 0.6) is 0 Å². The van der Waals surface area contributed by atoms with E-state index in [1.807, 2.05) is 0 Å². The van der Waals surface area contributed by atoms with Crippen LogP contribution in [0.15, 0.2) is 0 Å². The maximum absolute atomic E-state index is 5.34. The van der Waals surface area contributed by atoms with E-state index in [-0.39, 0.29) is 6.10 Å². The highest BCUT2D eigenvalue weighted by molar-refractivity contribution is 4.95. The molecule has 0 aromatic rings. The summed E-state index contributed by atoms with van der Waals surface area (Å²) in [5.74, 6) is 0. The van der Waals surface area contributed by atoms with E-state index in [1.165, 1.54) is 25.7 Å². The molecule has 3 heteroatoms. The molecule has 0 bridgehead atoms. The number of rotatable bonds is 6. The van der Waals surface area contributed by atoms with Gasteiger partial charge in [-0.3, -0.25) is 0 Å². The van der Waals surface area contributed by atoms with E-state index in [0.717, 1.165) is 6.54 Å². The van der Waals surface area contributed by atoms with E-state index in [4.69, 9.17) is 4.74 Å². The molecule has 0 aliphatic heterocycles. The molecule has 2 unspecified atom stereocenters. The van der Waals surface area contributed by atoms with Gasteiger partial charge in [0, 0.05) is 25.2 Å². The maximum Gasteiger partial charge on any atom is 0.0693 e. The first-order chi connectivity index (χ1) is 7.52. The lowest BCUT2D eigenvalue weighted by Crippen LogP contribution is -2.52. The lowest BCUT2D eigenvalue weighted by Gasteiger charge is -2.38. The zero-order valence-corrected chi connectivity index (χ0v) is 11.5. The Morgan fingerprint density at radius 3 is 2.25 bits per heavy atom. The average molecular weight is 228 g/mol. The fourth-order valence-corrected chi connectivity index (χ4v) is 2.54. The summed E-state index contributed by atoms with van der Waals surface area (Å²) in [5, 5.41) is 3.63. The molecule has 0 heterocycles. The third-order valence-electron chi connectivity index (χ3n) is 4.31. The van der Waals surface area contributed by atoms with Crippen LogP contribution in [-0.4, -0.2) is 50.3 Å². The third kappa shape index (κ3) is 3.19. The van der Waals surface area contributed by atoms with Crippen molar-refractivity contribution in [1.29, 1.82) is 0 Å². The van der Waals surface area contributed by atoms with Crippen LogP contribution in [0.1, 0.15) is 39.5 Å². The van der Waals surface area contributed by atoms with Gasteiger partial charge in [-0.05, 0) is 40.8 Å². The van der Waals surface area contributed by atoms with Crippen LogP contribution in [0.2, 0.25) is 0 Å².